The first-order valence-corrected chi connectivity index (χ1v) is 11.3. The number of carbonyl (C=O) groups is 1. The van der Waals surface area contributed by atoms with Crippen LogP contribution in [0, 0.1) is 12.8 Å². The Labute approximate surface area is 204 Å². The van der Waals surface area contributed by atoms with Gasteiger partial charge in [0.2, 0.25) is 0 Å². The summed E-state index contributed by atoms with van der Waals surface area (Å²) in [5.74, 6) is -4.22. The molecule has 0 unspecified atom stereocenters. The third-order valence-electron chi connectivity index (χ3n) is 6.18. The van der Waals surface area contributed by atoms with Gasteiger partial charge in [0.15, 0.2) is 0 Å². The van der Waals surface area contributed by atoms with E-state index in [0.29, 0.717) is 23.0 Å². The number of anilines is 1. The summed E-state index contributed by atoms with van der Waals surface area (Å²) in [4.78, 5) is 23.0. The Balaban J connectivity index is 1.63. The van der Waals surface area contributed by atoms with Gasteiger partial charge in [-0.2, -0.15) is 18.3 Å². The fourth-order valence-electron chi connectivity index (χ4n) is 4.40. The summed E-state index contributed by atoms with van der Waals surface area (Å²) in [6, 6.07) is 4.80. The van der Waals surface area contributed by atoms with Crippen LogP contribution < -0.4 is 5.32 Å². The molecule has 36 heavy (non-hydrogen) atoms. The highest BCUT2D eigenvalue weighted by Crippen LogP contribution is 2.36. The third kappa shape index (κ3) is 5.47. The van der Waals surface area contributed by atoms with Gasteiger partial charge in [-0.25, -0.2) is 18.7 Å². The standard InChI is InChI=1S/C24H25F5N6O/c1-14-8-23(25,26)13-35(19(14)11-31-20-7-5-17(10-30-20)24(27,28)29)22(36)21-18(6-4-15(2)33-21)16-9-32-34(3)12-16/h4-7,9-10,12,14,19H,8,11,13H2,1-3H3,(H,30,31)/t14-,19-/m1/s1. The van der Waals surface area contributed by atoms with E-state index in [9.17, 15) is 26.7 Å². The molecule has 0 bridgehead atoms. The quantitative estimate of drug-likeness (QED) is 0.501. The Morgan fingerprint density at radius 3 is 2.56 bits per heavy atom. The predicted octanol–water partition coefficient (Wildman–Crippen LogP) is 4.80. The number of likely N-dealkylation sites (tertiary alicyclic amines) is 1. The summed E-state index contributed by atoms with van der Waals surface area (Å²) in [6.07, 6.45) is -0.996. The fraction of sp³-hybridized carbons (Fsp3) is 0.417. The molecule has 4 rings (SSSR count). The molecule has 12 heteroatoms. The lowest BCUT2D eigenvalue weighted by molar-refractivity contribution is -0.137. The molecule has 0 radical (unpaired) electrons. The highest BCUT2D eigenvalue weighted by Gasteiger charge is 2.46. The Kier molecular flexibility index (Phi) is 6.72. The van der Waals surface area contributed by atoms with Crippen molar-refractivity contribution in [1.29, 1.82) is 0 Å². The number of halogens is 5. The van der Waals surface area contributed by atoms with Gasteiger partial charge in [0.1, 0.15) is 11.5 Å². The Morgan fingerprint density at radius 1 is 1.19 bits per heavy atom. The molecular weight excluding hydrogens is 483 g/mol. The zero-order valence-corrected chi connectivity index (χ0v) is 19.9. The summed E-state index contributed by atoms with van der Waals surface area (Å²) in [5.41, 5.74) is 0.770. The number of nitrogens with one attached hydrogen (secondary N) is 1. The summed E-state index contributed by atoms with van der Waals surface area (Å²) < 4.78 is 69.2. The topological polar surface area (TPSA) is 75.9 Å². The zero-order chi connectivity index (χ0) is 26.3. The molecule has 0 saturated carbocycles. The fourth-order valence-corrected chi connectivity index (χ4v) is 4.40. The van der Waals surface area contributed by atoms with Crippen LogP contribution in [0.1, 0.15) is 35.1 Å². The largest absolute Gasteiger partial charge is 0.417 e. The summed E-state index contributed by atoms with van der Waals surface area (Å²) in [6.45, 7) is 2.54. The molecule has 3 aromatic rings. The van der Waals surface area contributed by atoms with Gasteiger partial charge in [0, 0.05) is 49.2 Å². The van der Waals surface area contributed by atoms with Crippen LogP contribution in [0.5, 0.6) is 0 Å². The lowest BCUT2D eigenvalue weighted by Crippen LogP contribution is -2.57. The van der Waals surface area contributed by atoms with Crippen molar-refractivity contribution in [2.45, 2.75) is 38.4 Å². The van der Waals surface area contributed by atoms with Crippen molar-refractivity contribution in [1.82, 2.24) is 24.6 Å². The molecule has 0 aliphatic carbocycles. The van der Waals surface area contributed by atoms with E-state index >= 15 is 0 Å². The number of nitrogens with zero attached hydrogens (tertiary/aromatic N) is 5. The summed E-state index contributed by atoms with van der Waals surface area (Å²) in [7, 11) is 1.72. The number of piperidine rings is 1. The molecule has 1 amide bonds. The molecule has 1 aliphatic heterocycles. The Hall–Kier alpha value is -3.57. The van der Waals surface area contributed by atoms with E-state index in [0.717, 1.165) is 11.0 Å². The SMILES string of the molecule is Cc1ccc(-c2cnn(C)c2)c(C(=O)N2CC(F)(F)C[C@@H](C)[C@H]2CNc2ccc(C(F)(F)F)cn2)n1. The van der Waals surface area contributed by atoms with Crippen molar-refractivity contribution in [3.05, 3.63) is 59.8 Å². The first kappa shape index (κ1) is 25.5. The van der Waals surface area contributed by atoms with Crippen LogP contribution in [0.2, 0.25) is 0 Å². The van der Waals surface area contributed by atoms with Gasteiger partial charge in [-0.15, -0.1) is 0 Å². The van der Waals surface area contributed by atoms with Crippen molar-refractivity contribution in [2.75, 3.05) is 18.4 Å². The van der Waals surface area contributed by atoms with E-state index in [2.05, 4.69) is 20.4 Å². The van der Waals surface area contributed by atoms with Crippen LogP contribution in [0.3, 0.4) is 0 Å². The molecule has 1 aliphatic rings. The van der Waals surface area contributed by atoms with Crippen molar-refractivity contribution in [3.8, 4) is 11.1 Å². The normalized spacial score (nSPS) is 19.8. The summed E-state index contributed by atoms with van der Waals surface area (Å²) in [5, 5.41) is 7.02. The van der Waals surface area contributed by atoms with Crippen molar-refractivity contribution < 1.29 is 26.7 Å². The van der Waals surface area contributed by atoms with E-state index in [-0.39, 0.29) is 18.1 Å². The number of alkyl halides is 5. The Morgan fingerprint density at radius 2 is 1.94 bits per heavy atom. The lowest BCUT2D eigenvalue weighted by Gasteiger charge is -2.43. The molecule has 1 N–H and O–H groups in total. The van der Waals surface area contributed by atoms with Gasteiger partial charge in [0.05, 0.1) is 24.3 Å². The van der Waals surface area contributed by atoms with Crippen molar-refractivity contribution in [3.63, 3.8) is 0 Å². The molecule has 3 aromatic heterocycles. The van der Waals surface area contributed by atoms with Gasteiger partial charge in [-0.3, -0.25) is 9.48 Å². The van der Waals surface area contributed by atoms with Crippen LogP contribution in [-0.4, -0.2) is 55.6 Å². The number of carbonyl (C=O) groups excluding carboxylic acids is 1. The molecule has 0 spiro atoms. The van der Waals surface area contributed by atoms with Gasteiger partial charge >= 0.3 is 6.18 Å². The number of hydrogen-bond acceptors (Lipinski definition) is 5. The average Bonchev–Trinajstić information content (AvgIpc) is 3.22. The van der Waals surface area contributed by atoms with Crippen LogP contribution in [0.4, 0.5) is 27.8 Å². The second-order valence-corrected chi connectivity index (χ2v) is 9.10. The predicted molar refractivity (Wildman–Crippen MR) is 122 cm³/mol. The van der Waals surface area contributed by atoms with Crippen LogP contribution in [-0.2, 0) is 13.2 Å². The summed E-state index contributed by atoms with van der Waals surface area (Å²) >= 11 is 0. The van der Waals surface area contributed by atoms with Crippen LogP contribution in [0.15, 0.2) is 42.9 Å². The third-order valence-corrected chi connectivity index (χ3v) is 6.18. The number of amides is 1. The van der Waals surface area contributed by atoms with Crippen LogP contribution >= 0.6 is 0 Å². The van der Waals surface area contributed by atoms with E-state index in [1.165, 1.54) is 6.07 Å². The molecular formula is C24H25F5N6O. The molecule has 0 aromatic carbocycles. The van der Waals surface area contributed by atoms with Gasteiger partial charge in [-0.05, 0) is 31.0 Å². The van der Waals surface area contributed by atoms with Gasteiger partial charge in [0.25, 0.3) is 11.8 Å². The highest BCUT2D eigenvalue weighted by atomic mass is 19.4. The van der Waals surface area contributed by atoms with Gasteiger partial charge < -0.3 is 10.2 Å². The molecule has 1 fully saturated rings. The maximum Gasteiger partial charge on any atom is 0.417 e. The first-order valence-electron chi connectivity index (χ1n) is 11.3. The smallest absolute Gasteiger partial charge is 0.368 e. The molecule has 192 valence electrons. The van der Waals surface area contributed by atoms with E-state index in [1.807, 2.05) is 0 Å². The Bertz CT molecular complexity index is 1240. The van der Waals surface area contributed by atoms with E-state index in [1.54, 1.807) is 50.1 Å². The maximum absolute atomic E-state index is 14.6. The lowest BCUT2D eigenvalue weighted by atomic mass is 9.87. The molecule has 2 atom stereocenters. The monoisotopic (exact) mass is 508 g/mol. The minimum absolute atomic E-state index is 0.0232. The number of aryl methyl sites for hydroxylation is 2. The van der Waals surface area contributed by atoms with E-state index < -0.39 is 48.5 Å². The number of aromatic nitrogens is 4. The number of pyridine rings is 2. The van der Waals surface area contributed by atoms with Crippen LogP contribution in [0.25, 0.3) is 11.1 Å². The minimum Gasteiger partial charge on any atom is -0.368 e. The second-order valence-electron chi connectivity index (χ2n) is 9.10. The zero-order valence-electron chi connectivity index (χ0n) is 19.9. The first-order chi connectivity index (χ1) is 16.8. The molecule has 4 heterocycles. The maximum atomic E-state index is 14.6. The number of hydrogen-bond donors (Lipinski definition) is 1. The number of rotatable bonds is 5. The molecule has 7 nitrogen and oxygen atoms in total. The molecule has 1 saturated heterocycles. The average molecular weight is 508 g/mol. The minimum atomic E-state index is -4.52. The second kappa shape index (κ2) is 9.47. The van der Waals surface area contributed by atoms with Crippen molar-refractivity contribution >= 4 is 11.7 Å². The van der Waals surface area contributed by atoms with E-state index in [4.69, 9.17) is 0 Å². The van der Waals surface area contributed by atoms with Gasteiger partial charge in [-0.1, -0.05) is 13.0 Å². The highest BCUT2D eigenvalue weighted by molar-refractivity contribution is 5.99. The van der Waals surface area contributed by atoms with Crippen molar-refractivity contribution in [2.24, 2.45) is 13.0 Å².